The van der Waals surface area contributed by atoms with Crippen molar-refractivity contribution in [1.82, 2.24) is 9.97 Å². The molecule has 82 valence electrons. The molecule has 6 heteroatoms. The molecule has 0 saturated carbocycles. The minimum absolute atomic E-state index is 0.292. The molecule has 0 bridgehead atoms. The fourth-order valence-corrected chi connectivity index (χ4v) is 1.89. The van der Waals surface area contributed by atoms with Gasteiger partial charge in [-0.15, -0.1) is 0 Å². The molecule has 0 fully saturated rings. The van der Waals surface area contributed by atoms with E-state index in [1.807, 2.05) is 0 Å². The predicted molar refractivity (Wildman–Crippen MR) is 67.1 cm³/mol. The molecule has 0 aliphatic heterocycles. The van der Waals surface area contributed by atoms with E-state index < -0.39 is 0 Å². The minimum Gasteiger partial charge on any atom is -0.338 e. The largest absolute Gasteiger partial charge is 0.338 e. The first-order valence-corrected chi connectivity index (χ1v) is 5.93. The van der Waals surface area contributed by atoms with Crippen molar-refractivity contribution in [2.75, 3.05) is 5.32 Å². The minimum atomic E-state index is -0.292. The summed E-state index contributed by atoms with van der Waals surface area (Å²) in [6.45, 7) is 0. The van der Waals surface area contributed by atoms with Crippen LogP contribution in [0.3, 0.4) is 0 Å². The third-order valence-electron chi connectivity index (χ3n) is 1.85. The van der Waals surface area contributed by atoms with Gasteiger partial charge in [0.15, 0.2) is 0 Å². The van der Waals surface area contributed by atoms with Crippen molar-refractivity contribution in [1.29, 1.82) is 0 Å². The van der Waals surface area contributed by atoms with Crippen LogP contribution in [-0.4, -0.2) is 9.97 Å². The summed E-state index contributed by atoms with van der Waals surface area (Å²) in [7, 11) is 0. The Kier molecular flexibility index (Phi) is 3.50. The summed E-state index contributed by atoms with van der Waals surface area (Å²) < 4.78 is 14.3. The van der Waals surface area contributed by atoms with E-state index in [1.54, 1.807) is 12.3 Å². The molecule has 0 spiro atoms. The number of anilines is 2. The van der Waals surface area contributed by atoms with E-state index in [0.717, 1.165) is 10.2 Å². The summed E-state index contributed by atoms with van der Waals surface area (Å²) in [6.07, 6.45) is 3.07. The van der Waals surface area contributed by atoms with Crippen LogP contribution in [-0.2, 0) is 0 Å². The average Bonchev–Trinajstić information content (AvgIpc) is 2.25. The molecular weight excluding hydrogens is 341 g/mol. The van der Waals surface area contributed by atoms with Gasteiger partial charge in [0.25, 0.3) is 0 Å². The lowest BCUT2D eigenvalue weighted by Gasteiger charge is -2.08. The Morgan fingerprint density at radius 3 is 2.69 bits per heavy atom. The summed E-state index contributed by atoms with van der Waals surface area (Å²) in [6, 6.07) is 4.40. The first-order chi connectivity index (χ1) is 7.66. The van der Waals surface area contributed by atoms with Gasteiger partial charge >= 0.3 is 0 Å². The van der Waals surface area contributed by atoms with Crippen molar-refractivity contribution in [3.63, 3.8) is 0 Å². The van der Waals surface area contributed by atoms with Gasteiger partial charge in [0.1, 0.15) is 18.0 Å². The topological polar surface area (TPSA) is 37.8 Å². The van der Waals surface area contributed by atoms with Crippen LogP contribution in [0.25, 0.3) is 0 Å². The predicted octanol–water partition coefficient (Wildman–Crippen LogP) is 3.88. The van der Waals surface area contributed by atoms with E-state index >= 15 is 0 Å². The van der Waals surface area contributed by atoms with Crippen LogP contribution in [0.1, 0.15) is 0 Å². The third kappa shape index (κ3) is 2.56. The quantitative estimate of drug-likeness (QED) is 0.896. The van der Waals surface area contributed by atoms with Crippen LogP contribution in [0.4, 0.5) is 15.9 Å². The molecule has 16 heavy (non-hydrogen) atoms. The number of nitrogens with zero attached hydrogens (tertiary/aromatic N) is 2. The number of benzene rings is 1. The molecular formula is C10H6Br2FN3. The Balaban J connectivity index is 2.31. The van der Waals surface area contributed by atoms with Gasteiger partial charge in [0.05, 0.1) is 10.2 Å². The van der Waals surface area contributed by atoms with E-state index in [0.29, 0.717) is 10.3 Å². The molecule has 0 aliphatic rings. The SMILES string of the molecule is Fc1ccc(Nc2ncncc2Br)c(Br)c1. The van der Waals surface area contributed by atoms with E-state index in [4.69, 9.17) is 0 Å². The highest BCUT2D eigenvalue weighted by Crippen LogP contribution is 2.28. The Hall–Kier alpha value is -1.01. The smallest absolute Gasteiger partial charge is 0.148 e. The molecule has 1 heterocycles. The molecule has 0 saturated heterocycles. The van der Waals surface area contributed by atoms with Crippen molar-refractivity contribution in [3.8, 4) is 0 Å². The number of nitrogens with one attached hydrogen (secondary N) is 1. The van der Waals surface area contributed by atoms with E-state index in [-0.39, 0.29) is 5.82 Å². The standard InChI is InChI=1S/C10H6Br2FN3/c11-7-3-6(13)1-2-9(7)16-10-8(12)4-14-5-15-10/h1-5H,(H,14,15,16). The molecule has 0 unspecified atom stereocenters. The monoisotopic (exact) mass is 345 g/mol. The Morgan fingerprint density at radius 2 is 2.00 bits per heavy atom. The maximum atomic E-state index is 12.9. The van der Waals surface area contributed by atoms with Gasteiger partial charge in [-0.2, -0.15) is 0 Å². The van der Waals surface area contributed by atoms with Crippen molar-refractivity contribution in [2.45, 2.75) is 0 Å². The molecule has 2 rings (SSSR count). The van der Waals surface area contributed by atoms with Crippen LogP contribution >= 0.6 is 31.9 Å². The summed E-state index contributed by atoms with van der Waals surface area (Å²) in [5, 5.41) is 3.06. The zero-order valence-corrected chi connectivity index (χ0v) is 11.1. The van der Waals surface area contributed by atoms with Crippen molar-refractivity contribution >= 4 is 43.4 Å². The van der Waals surface area contributed by atoms with Crippen LogP contribution < -0.4 is 5.32 Å². The highest BCUT2D eigenvalue weighted by atomic mass is 79.9. The molecule has 0 radical (unpaired) electrons. The molecule has 3 nitrogen and oxygen atoms in total. The van der Waals surface area contributed by atoms with Crippen LogP contribution in [0.2, 0.25) is 0 Å². The maximum absolute atomic E-state index is 12.9. The lowest BCUT2D eigenvalue weighted by Crippen LogP contribution is -1.96. The molecule has 0 aliphatic carbocycles. The molecule has 1 aromatic heterocycles. The fraction of sp³-hybridized carbons (Fsp3) is 0. The van der Waals surface area contributed by atoms with Gasteiger partial charge in [0, 0.05) is 10.7 Å². The Bertz CT molecular complexity index is 519. The van der Waals surface area contributed by atoms with Gasteiger partial charge < -0.3 is 5.32 Å². The van der Waals surface area contributed by atoms with Crippen molar-refractivity contribution in [3.05, 3.63) is 45.5 Å². The molecule has 0 amide bonds. The first kappa shape index (κ1) is 11.5. The zero-order chi connectivity index (χ0) is 11.5. The lowest BCUT2D eigenvalue weighted by atomic mass is 10.3. The van der Waals surface area contributed by atoms with E-state index in [9.17, 15) is 4.39 Å². The van der Waals surface area contributed by atoms with Gasteiger partial charge in [-0.05, 0) is 50.1 Å². The number of hydrogen-bond donors (Lipinski definition) is 1. The number of halogens is 3. The van der Waals surface area contributed by atoms with Crippen LogP contribution in [0, 0.1) is 5.82 Å². The van der Waals surface area contributed by atoms with Crippen LogP contribution in [0.15, 0.2) is 39.7 Å². The van der Waals surface area contributed by atoms with Crippen molar-refractivity contribution in [2.24, 2.45) is 0 Å². The van der Waals surface area contributed by atoms with Gasteiger partial charge in [0.2, 0.25) is 0 Å². The zero-order valence-electron chi connectivity index (χ0n) is 7.92. The second-order valence-corrected chi connectivity index (χ2v) is 4.68. The summed E-state index contributed by atoms with van der Waals surface area (Å²) in [4.78, 5) is 7.91. The lowest BCUT2D eigenvalue weighted by molar-refractivity contribution is 0.627. The highest BCUT2D eigenvalue weighted by molar-refractivity contribution is 9.11. The Morgan fingerprint density at radius 1 is 1.19 bits per heavy atom. The Labute approximate surface area is 108 Å². The molecule has 0 atom stereocenters. The van der Waals surface area contributed by atoms with Gasteiger partial charge in [-0.3, -0.25) is 0 Å². The summed E-state index contributed by atoms with van der Waals surface area (Å²) in [5.74, 6) is 0.335. The fourth-order valence-electron chi connectivity index (χ4n) is 1.12. The average molecular weight is 347 g/mol. The second-order valence-electron chi connectivity index (χ2n) is 2.97. The molecule has 1 N–H and O–H groups in total. The molecule has 1 aromatic carbocycles. The highest BCUT2D eigenvalue weighted by Gasteiger charge is 2.05. The van der Waals surface area contributed by atoms with Crippen molar-refractivity contribution < 1.29 is 4.39 Å². The maximum Gasteiger partial charge on any atom is 0.148 e. The number of hydrogen-bond acceptors (Lipinski definition) is 3. The summed E-state index contributed by atoms with van der Waals surface area (Å²) >= 11 is 6.58. The number of rotatable bonds is 2. The number of aromatic nitrogens is 2. The first-order valence-electron chi connectivity index (χ1n) is 4.34. The molecule has 2 aromatic rings. The summed E-state index contributed by atoms with van der Waals surface area (Å²) in [5.41, 5.74) is 0.737. The van der Waals surface area contributed by atoms with Gasteiger partial charge in [-0.1, -0.05) is 0 Å². The second kappa shape index (κ2) is 4.88. The van der Waals surface area contributed by atoms with E-state index in [1.165, 1.54) is 18.5 Å². The third-order valence-corrected chi connectivity index (χ3v) is 3.09. The van der Waals surface area contributed by atoms with Gasteiger partial charge in [-0.25, -0.2) is 14.4 Å². The normalized spacial score (nSPS) is 10.2. The van der Waals surface area contributed by atoms with Crippen LogP contribution in [0.5, 0.6) is 0 Å². The van der Waals surface area contributed by atoms with E-state index in [2.05, 4.69) is 47.1 Å².